The third kappa shape index (κ3) is 4.53. The summed E-state index contributed by atoms with van der Waals surface area (Å²) in [5.74, 6) is -1.10. The van der Waals surface area contributed by atoms with Gasteiger partial charge in [-0.05, 0) is 26.7 Å². The van der Waals surface area contributed by atoms with E-state index in [1.807, 2.05) is 0 Å². The van der Waals surface area contributed by atoms with Crippen LogP contribution in [0.3, 0.4) is 0 Å². The van der Waals surface area contributed by atoms with E-state index < -0.39 is 24.1 Å². The van der Waals surface area contributed by atoms with Gasteiger partial charge in [0.25, 0.3) is 0 Å². The summed E-state index contributed by atoms with van der Waals surface area (Å²) in [5, 5.41) is 10.3. The summed E-state index contributed by atoms with van der Waals surface area (Å²) < 4.78 is 11.1. The number of hydrogen-bond acceptors (Lipinski definition) is 7. The van der Waals surface area contributed by atoms with Crippen LogP contribution in [0.25, 0.3) is 0 Å². The predicted octanol–water partition coefficient (Wildman–Crippen LogP) is 0.360. The van der Waals surface area contributed by atoms with Gasteiger partial charge in [0.15, 0.2) is 0 Å². The van der Waals surface area contributed by atoms with E-state index in [0.717, 1.165) is 19.3 Å². The van der Waals surface area contributed by atoms with Gasteiger partial charge in [0, 0.05) is 5.92 Å². The average Bonchev–Trinajstić information content (AvgIpc) is 2.93. The maximum atomic E-state index is 12.1. The van der Waals surface area contributed by atoms with Crippen LogP contribution >= 0.6 is 0 Å². The van der Waals surface area contributed by atoms with Crippen molar-refractivity contribution in [3.05, 3.63) is 11.9 Å². The van der Waals surface area contributed by atoms with Crippen molar-refractivity contribution in [2.45, 2.75) is 51.8 Å². The molecule has 1 aromatic rings. The maximum Gasteiger partial charge on any atom is 0.329 e. The molecule has 24 heavy (non-hydrogen) atoms. The minimum absolute atomic E-state index is 0.0101. The summed E-state index contributed by atoms with van der Waals surface area (Å²) in [6, 6.07) is -0.731. The first-order valence-corrected chi connectivity index (χ1v) is 7.88. The van der Waals surface area contributed by atoms with Crippen molar-refractivity contribution < 1.29 is 23.9 Å². The molecule has 1 aliphatic rings. The number of esters is 2. The van der Waals surface area contributed by atoms with E-state index in [4.69, 9.17) is 4.74 Å². The third-order valence-electron chi connectivity index (χ3n) is 3.97. The molecule has 1 amide bonds. The molecule has 1 aliphatic carbocycles. The zero-order valence-electron chi connectivity index (χ0n) is 14.0. The van der Waals surface area contributed by atoms with Crippen molar-refractivity contribution in [3.8, 4) is 0 Å². The molecule has 1 fully saturated rings. The molecule has 0 saturated heterocycles. The average molecular weight is 338 g/mol. The van der Waals surface area contributed by atoms with Crippen molar-refractivity contribution in [2.75, 3.05) is 7.11 Å². The number of amides is 1. The van der Waals surface area contributed by atoms with E-state index in [1.54, 1.807) is 13.8 Å². The predicted molar refractivity (Wildman–Crippen MR) is 81.5 cm³/mol. The van der Waals surface area contributed by atoms with E-state index in [2.05, 4.69) is 20.4 Å². The molecule has 1 saturated carbocycles. The third-order valence-corrected chi connectivity index (χ3v) is 3.97. The van der Waals surface area contributed by atoms with E-state index in [-0.39, 0.29) is 18.4 Å². The molecule has 2 rings (SSSR count). The highest BCUT2D eigenvalue weighted by atomic mass is 16.5. The number of rotatable bonds is 7. The van der Waals surface area contributed by atoms with Crippen molar-refractivity contribution in [1.29, 1.82) is 0 Å². The number of nitrogens with zero attached hydrogens (tertiary/aromatic N) is 3. The summed E-state index contributed by atoms with van der Waals surface area (Å²) >= 11 is 0. The van der Waals surface area contributed by atoms with Gasteiger partial charge in [0.1, 0.15) is 24.4 Å². The fraction of sp³-hybridized carbons (Fsp3) is 0.667. The fourth-order valence-corrected chi connectivity index (χ4v) is 2.17. The van der Waals surface area contributed by atoms with Crippen LogP contribution in [0.15, 0.2) is 6.20 Å². The van der Waals surface area contributed by atoms with Crippen LogP contribution in [-0.2, 0) is 30.4 Å². The second-order valence-corrected chi connectivity index (χ2v) is 5.85. The lowest BCUT2D eigenvalue weighted by molar-refractivity contribution is -0.152. The van der Waals surface area contributed by atoms with Gasteiger partial charge >= 0.3 is 11.9 Å². The Hall–Kier alpha value is -2.45. The Morgan fingerprint density at radius 3 is 2.67 bits per heavy atom. The van der Waals surface area contributed by atoms with Gasteiger partial charge in [-0.3, -0.25) is 9.59 Å². The molecular weight excluding hydrogens is 316 g/mol. The Morgan fingerprint density at radius 2 is 2.08 bits per heavy atom. The first kappa shape index (κ1) is 17.9. The van der Waals surface area contributed by atoms with Crippen molar-refractivity contribution in [1.82, 2.24) is 20.3 Å². The Bertz CT molecular complexity index is 611. The molecule has 0 unspecified atom stereocenters. The van der Waals surface area contributed by atoms with Crippen molar-refractivity contribution in [3.63, 3.8) is 0 Å². The number of carbonyl (C=O) groups is 3. The highest BCUT2D eigenvalue weighted by Gasteiger charge is 2.28. The molecule has 0 radical (unpaired) electrons. The fourth-order valence-electron chi connectivity index (χ4n) is 2.17. The van der Waals surface area contributed by atoms with Crippen LogP contribution in [0.5, 0.6) is 0 Å². The molecule has 0 aromatic carbocycles. The quantitative estimate of drug-likeness (QED) is 0.714. The molecule has 1 aromatic heterocycles. The number of ether oxygens (including phenoxy) is 2. The van der Waals surface area contributed by atoms with Gasteiger partial charge in [0.05, 0.1) is 13.3 Å². The minimum Gasteiger partial charge on any atom is -0.468 e. The Morgan fingerprint density at radius 1 is 1.38 bits per heavy atom. The van der Waals surface area contributed by atoms with Gasteiger partial charge < -0.3 is 14.8 Å². The molecule has 9 heteroatoms. The van der Waals surface area contributed by atoms with Crippen LogP contribution in [0.4, 0.5) is 0 Å². The number of nitrogens with one attached hydrogen (secondary N) is 1. The number of methoxy groups -OCH3 is 1. The molecule has 0 bridgehead atoms. The van der Waals surface area contributed by atoms with Gasteiger partial charge in [0.2, 0.25) is 5.91 Å². The summed E-state index contributed by atoms with van der Waals surface area (Å²) in [4.78, 5) is 35.1. The summed E-state index contributed by atoms with van der Waals surface area (Å²) in [6.45, 7) is 3.16. The molecule has 2 atom stereocenters. The monoisotopic (exact) mass is 338 g/mol. The van der Waals surface area contributed by atoms with E-state index in [9.17, 15) is 14.4 Å². The second-order valence-electron chi connectivity index (χ2n) is 5.85. The van der Waals surface area contributed by atoms with Crippen molar-refractivity contribution in [2.24, 2.45) is 5.92 Å². The highest BCUT2D eigenvalue weighted by Crippen LogP contribution is 2.26. The van der Waals surface area contributed by atoms with Crippen LogP contribution in [0, 0.1) is 5.92 Å². The first-order valence-electron chi connectivity index (χ1n) is 7.88. The van der Waals surface area contributed by atoms with Gasteiger partial charge in [-0.2, -0.15) is 0 Å². The van der Waals surface area contributed by atoms with Gasteiger partial charge in [-0.1, -0.05) is 11.6 Å². The lowest BCUT2D eigenvalue weighted by Crippen LogP contribution is -2.44. The largest absolute Gasteiger partial charge is 0.468 e. The maximum absolute atomic E-state index is 12.1. The zero-order chi connectivity index (χ0) is 17.7. The van der Waals surface area contributed by atoms with Gasteiger partial charge in [-0.15, -0.1) is 5.10 Å². The molecule has 1 heterocycles. The summed E-state index contributed by atoms with van der Waals surface area (Å²) in [7, 11) is 1.28. The Kier molecular flexibility index (Phi) is 5.88. The second kappa shape index (κ2) is 7.89. The first-order chi connectivity index (χ1) is 11.4. The number of aromatic nitrogens is 3. The topological polar surface area (TPSA) is 112 Å². The molecule has 0 aliphatic heterocycles. The van der Waals surface area contributed by atoms with Crippen LogP contribution in [0.1, 0.15) is 44.9 Å². The van der Waals surface area contributed by atoms with E-state index in [1.165, 1.54) is 18.0 Å². The van der Waals surface area contributed by atoms with E-state index in [0.29, 0.717) is 5.69 Å². The molecule has 132 valence electrons. The van der Waals surface area contributed by atoms with E-state index >= 15 is 0 Å². The van der Waals surface area contributed by atoms with Crippen LogP contribution in [0.2, 0.25) is 0 Å². The summed E-state index contributed by atoms with van der Waals surface area (Å²) in [5.41, 5.74) is 0.407. The molecule has 9 nitrogen and oxygen atoms in total. The Balaban J connectivity index is 1.84. The van der Waals surface area contributed by atoms with Gasteiger partial charge in [-0.25, -0.2) is 9.48 Å². The smallest absolute Gasteiger partial charge is 0.329 e. The number of hydrogen-bond donors (Lipinski definition) is 1. The minimum atomic E-state index is -0.731. The lowest BCUT2D eigenvalue weighted by Gasteiger charge is -2.25. The molecule has 1 N–H and O–H groups in total. The van der Waals surface area contributed by atoms with Crippen molar-refractivity contribution >= 4 is 17.8 Å². The zero-order valence-corrected chi connectivity index (χ0v) is 14.0. The number of carbonyl (C=O) groups excluding carboxylic acids is 3. The SMILES string of the molecule is COC(=O)Cn1cc([C@@H](C)OC(=O)[C@@H](C)NC(=O)C2CCC2)nn1. The standard InChI is InChI=1S/C15H22N4O5/c1-9(16-14(21)11-5-4-6-11)15(22)24-10(2)12-7-19(18-17-12)8-13(20)23-3/h7,9-11H,4-6,8H2,1-3H3,(H,16,21)/t9-,10-/m1/s1. The molecule has 0 spiro atoms. The van der Waals surface area contributed by atoms with Crippen LogP contribution < -0.4 is 5.32 Å². The normalized spacial score (nSPS) is 16.6. The molecular formula is C15H22N4O5. The lowest BCUT2D eigenvalue weighted by atomic mass is 9.84. The summed E-state index contributed by atoms with van der Waals surface area (Å²) in [6.07, 6.45) is 3.65. The Labute approximate surface area is 139 Å². The van der Waals surface area contributed by atoms with Crippen LogP contribution in [-0.4, -0.2) is 46.0 Å². The highest BCUT2D eigenvalue weighted by molar-refractivity contribution is 5.85.